The van der Waals surface area contributed by atoms with Crippen LogP contribution in [0.1, 0.15) is 37.8 Å². The number of aryl methyl sites for hydroxylation is 2. The summed E-state index contributed by atoms with van der Waals surface area (Å²) in [6, 6.07) is 9.53. The highest BCUT2D eigenvalue weighted by Gasteiger charge is 2.24. The molecule has 0 spiro atoms. The zero-order valence-electron chi connectivity index (χ0n) is 16.5. The van der Waals surface area contributed by atoms with Gasteiger partial charge in [0.15, 0.2) is 16.6 Å². The molecule has 0 aliphatic heterocycles. The summed E-state index contributed by atoms with van der Waals surface area (Å²) in [6.45, 7) is 5.74. The van der Waals surface area contributed by atoms with Crippen molar-refractivity contribution in [3.63, 3.8) is 0 Å². The minimum Gasteiger partial charge on any atom is -0.360 e. The summed E-state index contributed by atoms with van der Waals surface area (Å²) in [6.07, 6.45) is 2.64. The Labute approximate surface area is 172 Å². The van der Waals surface area contributed by atoms with E-state index in [0.29, 0.717) is 29.0 Å². The van der Waals surface area contributed by atoms with Gasteiger partial charge in [0, 0.05) is 11.5 Å². The van der Waals surface area contributed by atoms with Crippen LogP contribution in [0.15, 0.2) is 40.0 Å². The highest BCUT2D eigenvalue weighted by molar-refractivity contribution is 8.00. The first kappa shape index (κ1) is 19.4. The van der Waals surface area contributed by atoms with E-state index >= 15 is 0 Å². The average Bonchev–Trinajstić information content (AvgIpc) is 3.30. The van der Waals surface area contributed by atoms with Gasteiger partial charge in [-0.2, -0.15) is 4.52 Å². The van der Waals surface area contributed by atoms with E-state index in [9.17, 15) is 4.79 Å². The van der Waals surface area contributed by atoms with Crippen molar-refractivity contribution in [1.82, 2.24) is 24.7 Å². The van der Waals surface area contributed by atoms with Crippen LogP contribution >= 0.6 is 11.8 Å². The van der Waals surface area contributed by atoms with Gasteiger partial charge >= 0.3 is 0 Å². The number of hydrogen-bond donors (Lipinski definition) is 1. The Hall–Kier alpha value is -2.94. The van der Waals surface area contributed by atoms with Gasteiger partial charge in [-0.05, 0) is 32.4 Å². The van der Waals surface area contributed by atoms with Crippen molar-refractivity contribution in [2.24, 2.45) is 0 Å². The van der Waals surface area contributed by atoms with E-state index in [1.165, 1.54) is 11.8 Å². The van der Waals surface area contributed by atoms with E-state index in [2.05, 4.69) is 27.5 Å². The number of carbonyl (C=O) groups excluding carboxylic acids is 1. The number of anilines is 1. The molecule has 0 aliphatic carbocycles. The lowest BCUT2D eigenvalue weighted by molar-refractivity contribution is -0.115. The van der Waals surface area contributed by atoms with Gasteiger partial charge < -0.3 is 9.84 Å². The van der Waals surface area contributed by atoms with Crippen molar-refractivity contribution in [1.29, 1.82) is 0 Å². The number of hydrogen-bond acceptors (Lipinski definition) is 7. The minimum absolute atomic E-state index is 0.128. The highest BCUT2D eigenvalue weighted by Crippen LogP contribution is 2.29. The second-order valence-electron chi connectivity index (χ2n) is 6.87. The Morgan fingerprint density at radius 1 is 1.28 bits per heavy atom. The van der Waals surface area contributed by atoms with Gasteiger partial charge in [0.05, 0.1) is 10.8 Å². The number of nitrogens with zero attached hydrogens (tertiary/aromatic N) is 5. The van der Waals surface area contributed by atoms with Crippen molar-refractivity contribution in [2.75, 3.05) is 5.32 Å². The predicted octanol–water partition coefficient (Wildman–Crippen LogP) is 4.17. The number of aromatic nitrogens is 5. The fourth-order valence-corrected chi connectivity index (χ4v) is 4.19. The molecule has 1 atom stereocenters. The van der Waals surface area contributed by atoms with Crippen LogP contribution in [0.4, 0.5) is 5.82 Å². The monoisotopic (exact) mass is 410 g/mol. The Balaban J connectivity index is 1.69. The van der Waals surface area contributed by atoms with E-state index in [0.717, 1.165) is 29.4 Å². The van der Waals surface area contributed by atoms with Crippen molar-refractivity contribution in [2.45, 2.75) is 50.4 Å². The standard InChI is InChI=1S/C20H22N6O2S/c1-4-5-10-16(19(27)23-17-11-12(2)28-25-17)29-20-22-15-9-7-6-8-14(15)18-21-13(3)24-26(18)20/h6-9,11,16H,4-5,10H2,1-3H3,(H,23,25,27). The molecule has 0 saturated heterocycles. The van der Waals surface area contributed by atoms with E-state index in [4.69, 9.17) is 9.51 Å². The number of benzene rings is 1. The van der Waals surface area contributed by atoms with Gasteiger partial charge in [0.1, 0.15) is 11.6 Å². The number of nitrogens with one attached hydrogen (secondary N) is 1. The van der Waals surface area contributed by atoms with Crippen molar-refractivity contribution >= 4 is 40.0 Å². The summed E-state index contributed by atoms with van der Waals surface area (Å²) in [7, 11) is 0. The molecule has 1 aromatic carbocycles. The zero-order valence-corrected chi connectivity index (χ0v) is 17.4. The molecular formula is C20H22N6O2S. The zero-order chi connectivity index (χ0) is 20.4. The normalized spacial score (nSPS) is 12.5. The number of unbranched alkanes of at least 4 members (excludes halogenated alkanes) is 1. The third-order valence-corrected chi connectivity index (χ3v) is 5.70. The number of carbonyl (C=O) groups is 1. The Morgan fingerprint density at radius 3 is 2.86 bits per heavy atom. The van der Waals surface area contributed by atoms with E-state index in [-0.39, 0.29) is 11.2 Å². The average molecular weight is 411 g/mol. The molecule has 3 heterocycles. The molecule has 29 heavy (non-hydrogen) atoms. The number of para-hydroxylation sites is 1. The van der Waals surface area contributed by atoms with Crippen LogP contribution in [-0.4, -0.2) is 35.9 Å². The van der Waals surface area contributed by atoms with Crippen molar-refractivity contribution in [3.05, 3.63) is 41.9 Å². The Morgan fingerprint density at radius 2 is 2.10 bits per heavy atom. The van der Waals surface area contributed by atoms with Crippen molar-refractivity contribution < 1.29 is 9.32 Å². The predicted molar refractivity (Wildman–Crippen MR) is 112 cm³/mol. The fraction of sp³-hybridized carbons (Fsp3) is 0.350. The lowest BCUT2D eigenvalue weighted by Gasteiger charge is -2.15. The highest BCUT2D eigenvalue weighted by atomic mass is 32.2. The quantitative estimate of drug-likeness (QED) is 0.360. The van der Waals surface area contributed by atoms with Crippen LogP contribution in [0.2, 0.25) is 0 Å². The van der Waals surface area contributed by atoms with Gasteiger partial charge in [-0.15, -0.1) is 5.10 Å². The molecule has 0 aliphatic rings. The Kier molecular flexibility index (Phi) is 5.48. The third kappa shape index (κ3) is 4.09. The summed E-state index contributed by atoms with van der Waals surface area (Å²) in [5.74, 6) is 1.60. The van der Waals surface area contributed by atoms with Crippen molar-refractivity contribution in [3.8, 4) is 0 Å². The summed E-state index contributed by atoms with van der Waals surface area (Å²) >= 11 is 1.40. The maximum absolute atomic E-state index is 13.0. The molecule has 1 N–H and O–H groups in total. The van der Waals surface area contributed by atoms with Crippen LogP contribution in [0, 0.1) is 13.8 Å². The summed E-state index contributed by atoms with van der Waals surface area (Å²) in [4.78, 5) is 22.3. The molecule has 3 aromatic heterocycles. The molecular weight excluding hydrogens is 388 g/mol. The summed E-state index contributed by atoms with van der Waals surface area (Å²) < 4.78 is 6.78. The van der Waals surface area contributed by atoms with Gasteiger partial charge in [-0.3, -0.25) is 4.79 Å². The molecule has 1 unspecified atom stereocenters. The van der Waals surface area contributed by atoms with Gasteiger partial charge in [0.2, 0.25) is 5.91 Å². The second-order valence-corrected chi connectivity index (χ2v) is 8.04. The minimum atomic E-state index is -0.340. The van der Waals surface area contributed by atoms with E-state index in [1.54, 1.807) is 17.5 Å². The van der Waals surface area contributed by atoms with Crippen LogP contribution < -0.4 is 5.32 Å². The molecule has 0 fully saturated rings. The fourth-order valence-electron chi connectivity index (χ4n) is 3.10. The maximum atomic E-state index is 13.0. The number of amides is 1. The molecule has 0 bridgehead atoms. The van der Waals surface area contributed by atoms with E-state index < -0.39 is 0 Å². The third-order valence-electron chi connectivity index (χ3n) is 4.49. The molecule has 150 valence electrons. The molecule has 4 rings (SSSR count). The Bertz CT molecular complexity index is 1170. The first-order valence-electron chi connectivity index (χ1n) is 9.58. The SMILES string of the molecule is CCCCC(Sc1nc2ccccc2c2nc(C)nn12)C(=O)Nc1cc(C)on1. The molecule has 0 radical (unpaired) electrons. The van der Waals surface area contributed by atoms with Gasteiger partial charge in [-0.1, -0.05) is 48.8 Å². The molecule has 8 nitrogen and oxygen atoms in total. The smallest absolute Gasteiger partial charge is 0.239 e. The van der Waals surface area contributed by atoms with Crippen LogP contribution in [0.25, 0.3) is 16.6 Å². The van der Waals surface area contributed by atoms with Crippen LogP contribution in [0.3, 0.4) is 0 Å². The number of thioether (sulfide) groups is 1. The molecule has 1 amide bonds. The maximum Gasteiger partial charge on any atom is 0.239 e. The number of rotatable bonds is 7. The lowest BCUT2D eigenvalue weighted by Crippen LogP contribution is -2.26. The van der Waals surface area contributed by atoms with Gasteiger partial charge in [0.25, 0.3) is 0 Å². The van der Waals surface area contributed by atoms with E-state index in [1.807, 2.05) is 31.2 Å². The lowest BCUT2D eigenvalue weighted by atomic mass is 10.2. The second kappa shape index (κ2) is 8.20. The largest absolute Gasteiger partial charge is 0.360 e. The van der Waals surface area contributed by atoms with Gasteiger partial charge in [-0.25, -0.2) is 9.97 Å². The first-order valence-corrected chi connectivity index (χ1v) is 10.5. The van der Waals surface area contributed by atoms with Crippen LogP contribution in [0.5, 0.6) is 0 Å². The number of fused-ring (bicyclic) bond motifs is 3. The topological polar surface area (TPSA) is 98.2 Å². The molecule has 0 saturated carbocycles. The summed E-state index contributed by atoms with van der Waals surface area (Å²) in [5.41, 5.74) is 1.58. The first-order chi connectivity index (χ1) is 14.0. The van der Waals surface area contributed by atoms with Crippen LogP contribution in [-0.2, 0) is 4.79 Å². The molecule has 4 aromatic rings. The molecule has 9 heteroatoms. The summed E-state index contributed by atoms with van der Waals surface area (Å²) in [5, 5.41) is 12.5.